The van der Waals surface area contributed by atoms with Gasteiger partial charge < -0.3 is 0 Å². The van der Waals surface area contributed by atoms with Crippen molar-refractivity contribution in [2.75, 3.05) is 0 Å². The van der Waals surface area contributed by atoms with Crippen molar-refractivity contribution in [3.8, 4) is 78.9 Å². The number of rotatable bonds is 2. The van der Waals surface area contributed by atoms with Gasteiger partial charge in [0, 0.05) is 11.1 Å². The van der Waals surface area contributed by atoms with E-state index in [4.69, 9.17) is 13.1 Å². The Hall–Kier alpha value is -8.54. The van der Waals surface area contributed by atoms with Gasteiger partial charge in [-0.2, -0.15) is 10.5 Å². The van der Waals surface area contributed by atoms with E-state index in [1.54, 1.807) is 24.3 Å². The van der Waals surface area contributed by atoms with Crippen LogP contribution in [0.5, 0.6) is 0 Å². The molecule has 0 spiro atoms. The van der Waals surface area contributed by atoms with E-state index in [-0.39, 0.29) is 0 Å². The minimum Gasteiger partial charge on any atom is -0.237 e. The van der Waals surface area contributed by atoms with Crippen molar-refractivity contribution in [1.29, 1.82) is 10.5 Å². The second-order valence-corrected chi connectivity index (χ2v) is 15.1. The Morgan fingerprint density at radius 3 is 1.43 bits per heavy atom. The highest BCUT2D eigenvalue weighted by Crippen LogP contribution is 2.60. The highest BCUT2D eigenvalue weighted by atomic mass is 14.7. The van der Waals surface area contributed by atoms with E-state index >= 15 is 0 Å². The molecular weight excluding hydrogens is 705 g/mol. The van der Waals surface area contributed by atoms with Gasteiger partial charge in [-0.3, -0.25) is 0 Å². The summed E-state index contributed by atoms with van der Waals surface area (Å²) in [7, 11) is 0. The van der Waals surface area contributed by atoms with E-state index in [2.05, 4.69) is 131 Å². The van der Waals surface area contributed by atoms with Gasteiger partial charge in [0.2, 0.25) is 0 Å². The molecule has 4 nitrogen and oxygen atoms in total. The van der Waals surface area contributed by atoms with Gasteiger partial charge in [-0.15, -0.1) is 0 Å². The maximum Gasteiger partial charge on any atom is 0.196 e. The van der Waals surface area contributed by atoms with Gasteiger partial charge >= 0.3 is 0 Å². The molecule has 58 heavy (non-hydrogen) atoms. The summed E-state index contributed by atoms with van der Waals surface area (Å²) >= 11 is 0. The fourth-order valence-corrected chi connectivity index (χ4v) is 10.1. The highest BCUT2D eigenvalue weighted by molar-refractivity contribution is 6.34. The van der Waals surface area contributed by atoms with Gasteiger partial charge in [0.05, 0.1) is 25.3 Å². The first-order valence-electron chi connectivity index (χ1n) is 19.0. The van der Waals surface area contributed by atoms with Gasteiger partial charge in [-0.05, 0) is 157 Å². The molecule has 0 fully saturated rings. The molecule has 260 valence electrons. The normalized spacial score (nSPS) is 11.7. The average Bonchev–Trinajstić information content (AvgIpc) is 3.78. The van der Waals surface area contributed by atoms with Crippen LogP contribution in [-0.4, -0.2) is 0 Å². The maximum atomic E-state index is 9.93. The molecular formula is C54H24N4. The molecule has 0 heterocycles. The van der Waals surface area contributed by atoms with Crippen LogP contribution in [0.25, 0.3) is 130 Å². The van der Waals surface area contributed by atoms with Gasteiger partial charge in [-0.1, -0.05) is 109 Å². The Kier molecular flexibility index (Phi) is 6.30. The van der Waals surface area contributed by atoms with Crippen LogP contribution in [0, 0.1) is 35.8 Å². The topological polar surface area (TPSA) is 56.3 Å². The third-order valence-electron chi connectivity index (χ3n) is 12.4. The lowest BCUT2D eigenvalue weighted by Crippen LogP contribution is -1.96. The fourth-order valence-electron chi connectivity index (χ4n) is 10.1. The molecule has 0 aromatic heterocycles. The number of hydrogen-bond acceptors (Lipinski definition) is 2. The molecule has 0 radical (unpaired) electrons. The average molecular weight is 729 g/mol. The number of fused-ring (bicyclic) bond motifs is 11. The Labute approximate surface area is 333 Å². The quantitative estimate of drug-likeness (QED) is 0.131. The molecule has 12 rings (SSSR count). The number of nitriles is 2. The Bertz CT molecular complexity index is 3770. The molecule has 10 aromatic carbocycles. The second kappa shape index (κ2) is 11.5. The third kappa shape index (κ3) is 4.03. The monoisotopic (exact) mass is 728 g/mol. The van der Waals surface area contributed by atoms with Crippen LogP contribution in [-0.2, 0) is 0 Å². The number of benzene rings is 10. The zero-order chi connectivity index (χ0) is 38.8. The van der Waals surface area contributed by atoms with Crippen LogP contribution >= 0.6 is 0 Å². The minimum atomic E-state index is 0.403. The van der Waals surface area contributed by atoms with Crippen molar-refractivity contribution in [2.45, 2.75) is 0 Å². The van der Waals surface area contributed by atoms with Gasteiger partial charge in [0.1, 0.15) is 0 Å². The summed E-state index contributed by atoms with van der Waals surface area (Å²) in [6.45, 7) is 16.8. The molecule has 4 heteroatoms. The summed E-state index contributed by atoms with van der Waals surface area (Å²) < 4.78 is 0. The van der Waals surface area contributed by atoms with Crippen LogP contribution in [0.15, 0.2) is 146 Å². The van der Waals surface area contributed by atoms with Crippen molar-refractivity contribution >= 4 is 65.2 Å². The van der Waals surface area contributed by atoms with E-state index in [1.165, 1.54) is 33.0 Å². The first-order valence-corrected chi connectivity index (χ1v) is 19.0. The fraction of sp³-hybridized carbons (Fsp3) is 0. The lowest BCUT2D eigenvalue weighted by Gasteiger charge is -2.23. The number of hydrogen-bond donors (Lipinski definition) is 0. The van der Waals surface area contributed by atoms with Crippen LogP contribution in [0.4, 0.5) is 11.4 Å². The molecule has 0 atom stereocenters. The minimum absolute atomic E-state index is 0.403. The summed E-state index contributed by atoms with van der Waals surface area (Å²) in [5, 5.41) is 30.8. The summed E-state index contributed by atoms with van der Waals surface area (Å²) in [5.41, 5.74) is 14.1. The maximum absolute atomic E-state index is 9.93. The molecule has 2 aliphatic carbocycles. The van der Waals surface area contributed by atoms with E-state index in [9.17, 15) is 10.5 Å². The van der Waals surface area contributed by atoms with Crippen LogP contribution in [0.2, 0.25) is 0 Å². The molecule has 10 aromatic rings. The largest absolute Gasteiger partial charge is 0.237 e. The summed E-state index contributed by atoms with van der Waals surface area (Å²) in [6, 6.07) is 54.6. The molecule has 0 bridgehead atoms. The van der Waals surface area contributed by atoms with Crippen LogP contribution in [0.3, 0.4) is 0 Å². The van der Waals surface area contributed by atoms with Gasteiger partial charge in [0.15, 0.2) is 11.4 Å². The summed E-state index contributed by atoms with van der Waals surface area (Å²) in [5.74, 6) is 0. The van der Waals surface area contributed by atoms with Gasteiger partial charge in [0.25, 0.3) is 0 Å². The molecule has 0 saturated heterocycles. The van der Waals surface area contributed by atoms with E-state index in [1.807, 2.05) is 12.1 Å². The van der Waals surface area contributed by atoms with Crippen molar-refractivity contribution in [1.82, 2.24) is 0 Å². The molecule has 0 saturated carbocycles. The predicted molar refractivity (Wildman–Crippen MR) is 236 cm³/mol. The SMILES string of the molecule is [C-]#[N+]c1cc(C#N)ccc1-c1c2c(c(-c3ccc(C#N)cc3[N+]#[C-])c3c1ccc1c4cc5c(cc4ccc13)-c1cccc3cccc-5c13)-c1cccc3cccc-2c13. The highest BCUT2D eigenvalue weighted by Gasteiger charge is 2.33. The standard InChI is InChI=1S/C54H24N4/c1-57-46-23-29(27-55)15-18-38(46)51-42-22-21-34-37(20-17-33-25-44-35-11-3-7-31-8-4-12-36(48(31)35)45(44)26-43(33)34)50(42)52(39-19-16-30(28-56)24-47(39)58-2)54-41-14-6-10-32-9-5-13-40(49(32)41)53(51)54/h3-26H. The Morgan fingerprint density at radius 2 is 0.845 bits per heavy atom. The van der Waals surface area contributed by atoms with Crippen molar-refractivity contribution in [2.24, 2.45) is 0 Å². The lowest BCUT2D eigenvalue weighted by molar-refractivity contribution is 1.48. The third-order valence-corrected chi connectivity index (χ3v) is 12.4. The molecule has 2 aliphatic rings. The zero-order valence-electron chi connectivity index (χ0n) is 30.6. The predicted octanol–water partition coefficient (Wildman–Crippen LogP) is 14.9. The van der Waals surface area contributed by atoms with Crippen molar-refractivity contribution in [3.63, 3.8) is 0 Å². The van der Waals surface area contributed by atoms with Gasteiger partial charge in [-0.25, -0.2) is 9.69 Å². The second-order valence-electron chi connectivity index (χ2n) is 15.1. The van der Waals surface area contributed by atoms with Crippen LogP contribution < -0.4 is 0 Å². The molecule has 0 aliphatic heterocycles. The molecule has 0 N–H and O–H groups in total. The van der Waals surface area contributed by atoms with Crippen LogP contribution in [0.1, 0.15) is 11.1 Å². The zero-order valence-corrected chi connectivity index (χ0v) is 30.6. The summed E-state index contributed by atoms with van der Waals surface area (Å²) in [4.78, 5) is 8.06. The van der Waals surface area contributed by atoms with E-state index in [0.717, 1.165) is 87.6 Å². The molecule has 0 unspecified atom stereocenters. The molecule has 0 amide bonds. The van der Waals surface area contributed by atoms with E-state index < -0.39 is 0 Å². The van der Waals surface area contributed by atoms with Crippen molar-refractivity contribution < 1.29 is 0 Å². The Balaban J connectivity index is 1.31. The Morgan fingerprint density at radius 1 is 0.345 bits per heavy atom. The first kappa shape index (κ1) is 31.8. The summed E-state index contributed by atoms with van der Waals surface area (Å²) in [6.07, 6.45) is 0. The lowest BCUT2D eigenvalue weighted by atomic mass is 9.79. The first-order chi connectivity index (χ1) is 28.6. The number of nitrogens with zero attached hydrogens (tertiary/aromatic N) is 4. The van der Waals surface area contributed by atoms with Crippen molar-refractivity contribution in [3.05, 3.63) is 180 Å². The van der Waals surface area contributed by atoms with E-state index in [0.29, 0.717) is 22.5 Å². The smallest absolute Gasteiger partial charge is 0.196 e.